The molecule has 0 atom stereocenters. The number of rotatable bonds is 7. The fourth-order valence-electron chi connectivity index (χ4n) is 1.62. The van der Waals surface area contributed by atoms with Crippen molar-refractivity contribution in [2.75, 3.05) is 32.5 Å². The summed E-state index contributed by atoms with van der Waals surface area (Å²) in [5.74, 6) is 0. The summed E-state index contributed by atoms with van der Waals surface area (Å²) in [4.78, 5) is 11.9. The van der Waals surface area contributed by atoms with Gasteiger partial charge in [-0.15, -0.1) is 0 Å². The molecule has 0 bridgehead atoms. The van der Waals surface area contributed by atoms with Crippen molar-refractivity contribution in [2.24, 2.45) is 0 Å². The predicted octanol–water partition coefficient (Wildman–Crippen LogP) is 2.90. The highest BCUT2D eigenvalue weighted by Gasteiger charge is 2.17. The molecule has 0 aromatic heterocycles. The quantitative estimate of drug-likeness (QED) is 0.471. The van der Waals surface area contributed by atoms with Crippen LogP contribution in [0.5, 0.6) is 0 Å². The highest BCUT2D eigenvalue weighted by molar-refractivity contribution is 5.56. The van der Waals surface area contributed by atoms with Gasteiger partial charge >= 0.3 is 0 Å². The summed E-state index contributed by atoms with van der Waals surface area (Å²) in [5, 5.41) is 13.4. The van der Waals surface area contributed by atoms with Gasteiger partial charge in [-0.2, -0.15) is 0 Å². The summed E-state index contributed by atoms with van der Waals surface area (Å²) in [5.41, 5.74) is -0.410. The molecule has 0 aliphatic carbocycles. The Balaban J connectivity index is 2.74. The third-order valence-corrected chi connectivity index (χ3v) is 2.58. The minimum Gasteiger partial charge on any atom is -0.385 e. The van der Waals surface area contributed by atoms with E-state index in [9.17, 15) is 18.9 Å². The maximum Gasteiger partial charge on any atom is 0.270 e. The highest BCUT2D eigenvalue weighted by Crippen LogP contribution is 2.30. The van der Waals surface area contributed by atoms with Crippen molar-refractivity contribution >= 4 is 11.4 Å². The van der Waals surface area contributed by atoms with E-state index in [0.29, 0.717) is 6.54 Å². The van der Waals surface area contributed by atoms with Crippen LogP contribution in [0.3, 0.4) is 0 Å². The van der Waals surface area contributed by atoms with Gasteiger partial charge in [-0.05, 0) is 33.1 Å². The first-order valence-corrected chi connectivity index (χ1v) is 5.87. The Morgan fingerprint density at radius 1 is 1.42 bits per heavy atom. The first-order chi connectivity index (χ1) is 8.91. The summed E-state index contributed by atoms with van der Waals surface area (Å²) >= 11 is 0. The van der Waals surface area contributed by atoms with Crippen molar-refractivity contribution in [3.8, 4) is 0 Å². The molecule has 0 amide bonds. The van der Waals surface area contributed by atoms with E-state index in [1.54, 1.807) is 0 Å². The SMILES string of the molecule is CN(C)CCCNc1ccc([N+](=O)[O-])cc1C(F)F. The molecular weight excluding hydrogens is 256 g/mol. The molecule has 0 aliphatic heterocycles. The molecule has 1 N–H and O–H groups in total. The Morgan fingerprint density at radius 2 is 2.11 bits per heavy atom. The van der Waals surface area contributed by atoms with Crippen LogP contribution in [0.1, 0.15) is 18.4 Å². The lowest BCUT2D eigenvalue weighted by atomic mass is 10.1. The zero-order valence-corrected chi connectivity index (χ0v) is 10.9. The molecule has 0 unspecified atom stereocenters. The van der Waals surface area contributed by atoms with Gasteiger partial charge in [-0.25, -0.2) is 8.78 Å². The van der Waals surface area contributed by atoms with Crippen LogP contribution in [0.2, 0.25) is 0 Å². The molecule has 0 fully saturated rings. The summed E-state index contributed by atoms with van der Waals surface area (Å²) < 4.78 is 25.7. The Hall–Kier alpha value is -1.76. The van der Waals surface area contributed by atoms with Crippen LogP contribution in [0.25, 0.3) is 0 Å². The van der Waals surface area contributed by atoms with Gasteiger partial charge in [-0.1, -0.05) is 0 Å². The lowest BCUT2D eigenvalue weighted by Crippen LogP contribution is -2.16. The van der Waals surface area contributed by atoms with Crippen molar-refractivity contribution in [3.63, 3.8) is 0 Å². The molecule has 5 nitrogen and oxygen atoms in total. The summed E-state index contributed by atoms with van der Waals surface area (Å²) in [6.07, 6.45) is -1.94. The monoisotopic (exact) mass is 273 g/mol. The molecule has 1 aromatic rings. The van der Waals surface area contributed by atoms with Crippen LogP contribution in [-0.2, 0) is 0 Å². The van der Waals surface area contributed by atoms with Crippen molar-refractivity contribution < 1.29 is 13.7 Å². The average molecular weight is 273 g/mol. The fourth-order valence-corrected chi connectivity index (χ4v) is 1.62. The minimum atomic E-state index is -2.74. The van der Waals surface area contributed by atoms with E-state index in [0.717, 1.165) is 19.0 Å². The fraction of sp³-hybridized carbons (Fsp3) is 0.500. The molecule has 0 aliphatic rings. The van der Waals surface area contributed by atoms with Crippen LogP contribution in [0, 0.1) is 10.1 Å². The van der Waals surface area contributed by atoms with E-state index in [4.69, 9.17) is 0 Å². The number of benzene rings is 1. The number of halogens is 2. The number of nitro groups is 1. The molecule has 0 saturated heterocycles. The van der Waals surface area contributed by atoms with Crippen LogP contribution >= 0.6 is 0 Å². The molecule has 1 rings (SSSR count). The van der Waals surface area contributed by atoms with Gasteiger partial charge in [0.1, 0.15) is 0 Å². The Labute approximate surface area is 110 Å². The molecule has 1 aromatic carbocycles. The van der Waals surface area contributed by atoms with E-state index in [-0.39, 0.29) is 16.9 Å². The molecular formula is C12H17F2N3O2. The van der Waals surface area contributed by atoms with Gasteiger partial charge in [0.25, 0.3) is 12.1 Å². The third-order valence-electron chi connectivity index (χ3n) is 2.58. The number of alkyl halides is 2. The largest absolute Gasteiger partial charge is 0.385 e. The normalized spacial score (nSPS) is 11.1. The van der Waals surface area contributed by atoms with Crippen molar-refractivity contribution in [1.82, 2.24) is 4.90 Å². The number of nitrogens with zero attached hydrogens (tertiary/aromatic N) is 2. The Morgan fingerprint density at radius 3 is 2.63 bits per heavy atom. The second-order valence-corrected chi connectivity index (χ2v) is 4.41. The maximum absolute atomic E-state index is 12.8. The maximum atomic E-state index is 12.8. The van der Waals surface area contributed by atoms with Crippen LogP contribution in [0.4, 0.5) is 20.2 Å². The van der Waals surface area contributed by atoms with Crippen molar-refractivity contribution in [1.29, 1.82) is 0 Å². The first kappa shape index (κ1) is 15.3. The van der Waals surface area contributed by atoms with Crippen molar-refractivity contribution in [3.05, 3.63) is 33.9 Å². The average Bonchev–Trinajstić information content (AvgIpc) is 2.34. The van der Waals surface area contributed by atoms with Gasteiger partial charge in [0.05, 0.1) is 4.92 Å². The molecule has 106 valence electrons. The van der Waals surface area contributed by atoms with E-state index in [1.165, 1.54) is 12.1 Å². The van der Waals surface area contributed by atoms with Crippen LogP contribution in [0.15, 0.2) is 18.2 Å². The van der Waals surface area contributed by atoms with Gasteiger partial charge < -0.3 is 10.2 Å². The van der Waals surface area contributed by atoms with Gasteiger partial charge in [0, 0.05) is 29.9 Å². The summed E-state index contributed by atoms with van der Waals surface area (Å²) in [6.45, 7) is 1.37. The standard InChI is InChI=1S/C12H17F2N3O2/c1-16(2)7-3-6-15-11-5-4-9(17(18)19)8-10(11)12(13)14/h4-5,8,12,15H,3,6-7H2,1-2H3. The van der Waals surface area contributed by atoms with Crippen LogP contribution in [-0.4, -0.2) is 37.0 Å². The number of non-ortho nitro benzene ring substituents is 1. The van der Waals surface area contributed by atoms with Crippen molar-refractivity contribution in [2.45, 2.75) is 12.8 Å². The zero-order chi connectivity index (χ0) is 14.4. The molecule has 0 radical (unpaired) electrons. The second kappa shape index (κ2) is 6.98. The van der Waals surface area contributed by atoms with E-state index < -0.39 is 11.3 Å². The highest BCUT2D eigenvalue weighted by atomic mass is 19.3. The van der Waals surface area contributed by atoms with Gasteiger partial charge in [0.15, 0.2) is 0 Å². The predicted molar refractivity (Wildman–Crippen MR) is 69.7 cm³/mol. The van der Waals surface area contributed by atoms with E-state index >= 15 is 0 Å². The number of hydrogen-bond acceptors (Lipinski definition) is 4. The number of hydrogen-bond donors (Lipinski definition) is 1. The molecule has 19 heavy (non-hydrogen) atoms. The zero-order valence-electron chi connectivity index (χ0n) is 10.9. The van der Waals surface area contributed by atoms with Crippen LogP contribution < -0.4 is 5.32 Å². The Kier molecular flexibility index (Phi) is 5.62. The smallest absolute Gasteiger partial charge is 0.270 e. The second-order valence-electron chi connectivity index (χ2n) is 4.41. The summed E-state index contributed by atoms with van der Waals surface area (Å²) in [7, 11) is 3.85. The number of nitrogens with one attached hydrogen (secondary N) is 1. The topological polar surface area (TPSA) is 58.4 Å². The molecule has 0 saturated carbocycles. The lowest BCUT2D eigenvalue weighted by Gasteiger charge is -2.13. The van der Waals surface area contributed by atoms with E-state index in [2.05, 4.69) is 5.32 Å². The molecule has 7 heteroatoms. The summed E-state index contributed by atoms with van der Waals surface area (Å²) in [6, 6.07) is 3.47. The molecule has 0 spiro atoms. The number of nitro benzene ring substituents is 1. The van der Waals surface area contributed by atoms with Gasteiger partial charge in [-0.3, -0.25) is 10.1 Å². The molecule has 0 heterocycles. The van der Waals surface area contributed by atoms with Gasteiger partial charge in [0.2, 0.25) is 0 Å². The lowest BCUT2D eigenvalue weighted by molar-refractivity contribution is -0.385. The minimum absolute atomic E-state index is 0.249. The first-order valence-electron chi connectivity index (χ1n) is 5.87. The van der Waals surface area contributed by atoms with E-state index in [1.807, 2.05) is 19.0 Å². The third kappa shape index (κ3) is 4.78. The number of anilines is 1. The Bertz CT molecular complexity index is 439.